The van der Waals surface area contributed by atoms with Crippen molar-refractivity contribution in [2.24, 2.45) is 11.8 Å². The topological polar surface area (TPSA) is 74.7 Å². The molecule has 1 saturated heterocycles. The van der Waals surface area contributed by atoms with Crippen LogP contribution in [-0.4, -0.2) is 42.1 Å². The molecule has 0 aromatic carbocycles. The second kappa shape index (κ2) is 5.17. The van der Waals surface area contributed by atoms with Crippen molar-refractivity contribution in [3.8, 4) is 0 Å². The minimum atomic E-state index is -3.44. The van der Waals surface area contributed by atoms with Crippen LogP contribution < -0.4 is 0 Å². The molecule has 0 aromatic rings. The van der Waals surface area contributed by atoms with Gasteiger partial charge in [0.25, 0.3) is 0 Å². The van der Waals surface area contributed by atoms with E-state index in [0.29, 0.717) is 38.3 Å². The summed E-state index contributed by atoms with van der Waals surface area (Å²) in [5, 5.41) is 8.41. The lowest BCUT2D eigenvalue weighted by molar-refractivity contribution is -0.141. The van der Waals surface area contributed by atoms with Crippen LogP contribution in [0.2, 0.25) is 0 Å². The molecular formula is C12H21NO4S. The smallest absolute Gasteiger partial charge is 0.307 e. The summed E-state index contributed by atoms with van der Waals surface area (Å²) in [5.41, 5.74) is 0. The van der Waals surface area contributed by atoms with Crippen LogP contribution in [0, 0.1) is 11.8 Å². The van der Waals surface area contributed by atoms with E-state index in [2.05, 4.69) is 0 Å². The maximum atomic E-state index is 12.5. The maximum absolute atomic E-state index is 12.5. The van der Waals surface area contributed by atoms with E-state index in [4.69, 9.17) is 5.11 Å². The molecule has 2 aliphatic rings. The molecule has 2 fully saturated rings. The highest BCUT2D eigenvalue weighted by molar-refractivity contribution is 7.89. The van der Waals surface area contributed by atoms with Crippen molar-refractivity contribution in [3.05, 3.63) is 0 Å². The Morgan fingerprint density at radius 3 is 2.56 bits per heavy atom. The Kier molecular flexibility index (Phi) is 3.96. The minimum absolute atomic E-state index is 0.373. The molecule has 3 unspecified atom stereocenters. The van der Waals surface area contributed by atoms with Gasteiger partial charge in [0.1, 0.15) is 0 Å². The van der Waals surface area contributed by atoms with Gasteiger partial charge in [-0.2, -0.15) is 0 Å². The lowest BCUT2D eigenvalue weighted by Crippen LogP contribution is -2.46. The third-order valence-electron chi connectivity index (χ3n) is 4.13. The highest BCUT2D eigenvalue weighted by Crippen LogP contribution is 2.34. The van der Waals surface area contributed by atoms with Gasteiger partial charge < -0.3 is 5.11 Å². The standard InChI is InChI=1S/C12H21NO4S/c1-9-4-3-7-13(8-9)18(16,17)11-6-2-5-10(11)12(14)15/h9-11H,2-8H2,1H3,(H,14,15). The third-order valence-corrected chi connectivity index (χ3v) is 6.51. The molecule has 1 N–H and O–H groups in total. The molecule has 0 radical (unpaired) electrons. The summed E-state index contributed by atoms with van der Waals surface area (Å²) in [6.45, 7) is 3.14. The Hall–Kier alpha value is -0.620. The van der Waals surface area contributed by atoms with Crippen LogP contribution in [0.1, 0.15) is 39.0 Å². The number of rotatable bonds is 3. The number of carbonyl (C=O) groups is 1. The fourth-order valence-corrected chi connectivity index (χ4v) is 5.49. The first kappa shape index (κ1) is 13.8. The van der Waals surface area contributed by atoms with Crippen molar-refractivity contribution in [1.82, 2.24) is 4.31 Å². The summed E-state index contributed by atoms with van der Waals surface area (Å²) in [5.74, 6) is -1.31. The number of aliphatic carboxylic acids is 1. The van der Waals surface area contributed by atoms with Gasteiger partial charge in [-0.15, -0.1) is 0 Å². The van der Waals surface area contributed by atoms with Gasteiger partial charge in [-0.25, -0.2) is 12.7 Å². The predicted molar refractivity (Wildman–Crippen MR) is 67.7 cm³/mol. The van der Waals surface area contributed by atoms with Crippen molar-refractivity contribution < 1.29 is 18.3 Å². The first-order valence-corrected chi connectivity index (χ1v) is 8.15. The molecule has 1 saturated carbocycles. The summed E-state index contributed by atoms with van der Waals surface area (Å²) in [4.78, 5) is 11.1. The average Bonchev–Trinajstić information content (AvgIpc) is 2.78. The van der Waals surface area contributed by atoms with Gasteiger partial charge in [0, 0.05) is 13.1 Å². The molecule has 0 amide bonds. The lowest BCUT2D eigenvalue weighted by Gasteiger charge is -2.33. The highest BCUT2D eigenvalue weighted by Gasteiger charge is 2.44. The van der Waals surface area contributed by atoms with Crippen molar-refractivity contribution in [3.63, 3.8) is 0 Å². The number of piperidine rings is 1. The van der Waals surface area contributed by atoms with Crippen LogP contribution in [0.15, 0.2) is 0 Å². The first-order valence-electron chi connectivity index (χ1n) is 6.64. The zero-order valence-electron chi connectivity index (χ0n) is 10.7. The zero-order valence-corrected chi connectivity index (χ0v) is 11.5. The molecule has 0 bridgehead atoms. The Balaban J connectivity index is 2.17. The average molecular weight is 275 g/mol. The van der Waals surface area contributed by atoms with Gasteiger partial charge in [-0.1, -0.05) is 13.3 Å². The first-order chi connectivity index (χ1) is 8.43. The molecule has 1 aliphatic heterocycles. The Morgan fingerprint density at radius 1 is 1.22 bits per heavy atom. The van der Waals surface area contributed by atoms with E-state index in [9.17, 15) is 13.2 Å². The molecule has 0 spiro atoms. The summed E-state index contributed by atoms with van der Waals surface area (Å²) >= 11 is 0. The van der Waals surface area contributed by atoms with Crippen molar-refractivity contribution in [2.75, 3.05) is 13.1 Å². The molecular weight excluding hydrogens is 254 g/mol. The van der Waals surface area contributed by atoms with E-state index in [0.717, 1.165) is 12.8 Å². The number of hydrogen-bond donors (Lipinski definition) is 1. The van der Waals surface area contributed by atoms with E-state index < -0.39 is 27.2 Å². The fourth-order valence-electron chi connectivity index (χ4n) is 3.13. The number of nitrogens with zero attached hydrogens (tertiary/aromatic N) is 1. The quantitative estimate of drug-likeness (QED) is 0.842. The molecule has 0 aromatic heterocycles. The van der Waals surface area contributed by atoms with Gasteiger partial charge >= 0.3 is 5.97 Å². The monoisotopic (exact) mass is 275 g/mol. The van der Waals surface area contributed by atoms with Gasteiger partial charge in [0.2, 0.25) is 10.0 Å². The Morgan fingerprint density at radius 2 is 1.94 bits per heavy atom. The van der Waals surface area contributed by atoms with Crippen LogP contribution in [0.4, 0.5) is 0 Å². The molecule has 2 rings (SSSR count). The van der Waals surface area contributed by atoms with Crippen molar-refractivity contribution >= 4 is 16.0 Å². The normalized spacial score (nSPS) is 34.6. The number of carboxylic acids is 1. The molecule has 3 atom stereocenters. The van der Waals surface area contributed by atoms with E-state index in [1.807, 2.05) is 6.92 Å². The van der Waals surface area contributed by atoms with E-state index in [1.165, 1.54) is 4.31 Å². The summed E-state index contributed by atoms with van der Waals surface area (Å²) in [7, 11) is -3.44. The summed E-state index contributed by atoms with van der Waals surface area (Å²) in [6.07, 6.45) is 3.61. The van der Waals surface area contributed by atoms with Crippen LogP contribution in [0.3, 0.4) is 0 Å². The largest absolute Gasteiger partial charge is 0.481 e. The molecule has 5 nitrogen and oxygen atoms in total. The zero-order chi connectivity index (χ0) is 13.3. The second-order valence-electron chi connectivity index (χ2n) is 5.56. The highest BCUT2D eigenvalue weighted by atomic mass is 32.2. The van der Waals surface area contributed by atoms with Gasteiger partial charge in [-0.3, -0.25) is 4.79 Å². The van der Waals surface area contributed by atoms with E-state index >= 15 is 0 Å². The van der Waals surface area contributed by atoms with Gasteiger partial charge in [0.05, 0.1) is 11.2 Å². The molecule has 1 heterocycles. The number of sulfonamides is 1. The molecule has 104 valence electrons. The second-order valence-corrected chi connectivity index (χ2v) is 7.72. The Bertz CT molecular complexity index is 420. The van der Waals surface area contributed by atoms with Crippen molar-refractivity contribution in [1.29, 1.82) is 0 Å². The van der Waals surface area contributed by atoms with E-state index in [-0.39, 0.29) is 0 Å². The van der Waals surface area contributed by atoms with Gasteiger partial charge in [-0.05, 0) is 31.6 Å². The third kappa shape index (κ3) is 2.54. The lowest BCUT2D eigenvalue weighted by atomic mass is 10.0. The number of hydrogen-bond acceptors (Lipinski definition) is 3. The van der Waals surface area contributed by atoms with Crippen LogP contribution in [-0.2, 0) is 14.8 Å². The maximum Gasteiger partial charge on any atom is 0.307 e. The van der Waals surface area contributed by atoms with Crippen LogP contribution in [0.5, 0.6) is 0 Å². The van der Waals surface area contributed by atoms with Crippen molar-refractivity contribution in [2.45, 2.75) is 44.3 Å². The minimum Gasteiger partial charge on any atom is -0.481 e. The molecule has 6 heteroatoms. The van der Waals surface area contributed by atoms with Crippen LogP contribution >= 0.6 is 0 Å². The molecule has 1 aliphatic carbocycles. The summed E-state index contributed by atoms with van der Waals surface area (Å²) in [6, 6.07) is 0. The number of carboxylic acid groups (broad SMARTS) is 1. The van der Waals surface area contributed by atoms with Crippen LogP contribution in [0.25, 0.3) is 0 Å². The SMILES string of the molecule is CC1CCCN(S(=O)(=O)C2CCCC2C(=O)O)C1. The van der Waals surface area contributed by atoms with Gasteiger partial charge in [0.15, 0.2) is 0 Å². The summed E-state index contributed by atoms with van der Waals surface area (Å²) < 4.78 is 26.5. The fraction of sp³-hybridized carbons (Fsp3) is 0.917. The Labute approximate surface area is 108 Å². The van der Waals surface area contributed by atoms with E-state index in [1.54, 1.807) is 0 Å². The predicted octanol–water partition coefficient (Wildman–Crippen LogP) is 1.30. The molecule has 18 heavy (non-hydrogen) atoms.